The van der Waals surface area contributed by atoms with Crippen LogP contribution in [0.4, 0.5) is 11.4 Å². The molecule has 0 fully saturated rings. The number of carbonyl (C=O) groups excluding carboxylic acids is 3. The van der Waals surface area contributed by atoms with Crippen molar-refractivity contribution in [3.05, 3.63) is 94.9 Å². The highest BCUT2D eigenvalue weighted by Crippen LogP contribution is 2.17. The van der Waals surface area contributed by atoms with Crippen molar-refractivity contribution in [3.8, 4) is 5.69 Å². The van der Waals surface area contributed by atoms with Crippen molar-refractivity contribution in [2.75, 3.05) is 17.2 Å². The van der Waals surface area contributed by atoms with E-state index in [9.17, 15) is 19.2 Å². The Morgan fingerprint density at radius 3 is 2.06 bits per heavy atom. The molecule has 1 aromatic heterocycles. The van der Waals surface area contributed by atoms with E-state index in [0.717, 1.165) is 4.68 Å². The van der Waals surface area contributed by atoms with Crippen molar-refractivity contribution in [2.24, 2.45) is 0 Å². The monoisotopic (exact) mass is 456 g/mol. The van der Waals surface area contributed by atoms with Gasteiger partial charge in [-0.1, -0.05) is 36.4 Å². The minimum absolute atomic E-state index is 0.0773. The third-order valence-electron chi connectivity index (χ3n) is 4.82. The van der Waals surface area contributed by atoms with Crippen LogP contribution in [0.3, 0.4) is 0 Å². The van der Waals surface area contributed by atoms with E-state index in [1.54, 1.807) is 78.9 Å². The van der Waals surface area contributed by atoms with Crippen molar-refractivity contribution < 1.29 is 19.1 Å². The fourth-order valence-electron chi connectivity index (χ4n) is 3.32. The lowest BCUT2D eigenvalue weighted by molar-refractivity contribution is -0.119. The van der Waals surface area contributed by atoms with Gasteiger partial charge in [-0.05, 0) is 42.5 Å². The van der Waals surface area contributed by atoms with E-state index in [-0.39, 0.29) is 17.2 Å². The van der Waals surface area contributed by atoms with Gasteiger partial charge in [0.05, 0.1) is 11.1 Å². The normalized spacial score (nSPS) is 10.5. The zero-order valence-electron chi connectivity index (χ0n) is 18.1. The number of ether oxygens (including phenoxy) is 1. The van der Waals surface area contributed by atoms with Crippen molar-refractivity contribution in [1.82, 2.24) is 9.78 Å². The third-order valence-corrected chi connectivity index (χ3v) is 4.82. The van der Waals surface area contributed by atoms with E-state index < -0.39 is 18.5 Å². The highest BCUT2D eigenvalue weighted by atomic mass is 16.5. The number of hydrogen-bond donors (Lipinski definition) is 2. The van der Waals surface area contributed by atoms with Gasteiger partial charge in [0.25, 0.3) is 11.5 Å². The molecule has 2 amide bonds. The number of hydrogen-bond acceptors (Lipinski definition) is 6. The lowest BCUT2D eigenvalue weighted by atomic mass is 10.1. The smallest absolute Gasteiger partial charge is 0.359 e. The molecule has 0 unspecified atom stereocenters. The second kappa shape index (κ2) is 9.78. The van der Waals surface area contributed by atoms with Gasteiger partial charge in [-0.25, -0.2) is 4.79 Å². The predicted molar refractivity (Wildman–Crippen MR) is 127 cm³/mol. The quantitative estimate of drug-likeness (QED) is 0.430. The standard InChI is InChI=1S/C25H20N4O5/c1-16(30)26-17-11-13-18(14-12-17)27-22(31)15-34-25(33)23-20-9-5-6-10-21(20)24(32)29(28-23)19-7-3-2-4-8-19/h2-14H,15H2,1H3,(H,26,30)(H,27,31). The van der Waals surface area contributed by atoms with Gasteiger partial charge >= 0.3 is 5.97 Å². The number of esters is 1. The van der Waals surface area contributed by atoms with Crippen LogP contribution in [0.5, 0.6) is 0 Å². The molecule has 0 saturated heterocycles. The van der Waals surface area contributed by atoms with Crippen molar-refractivity contribution >= 4 is 39.9 Å². The number of carbonyl (C=O) groups is 3. The van der Waals surface area contributed by atoms with Crippen LogP contribution in [0.15, 0.2) is 83.7 Å². The second-order valence-corrected chi connectivity index (χ2v) is 7.33. The summed E-state index contributed by atoms with van der Waals surface area (Å²) in [5.74, 6) is -1.60. The summed E-state index contributed by atoms with van der Waals surface area (Å²) in [4.78, 5) is 49.1. The Bertz CT molecular complexity index is 1430. The Kier molecular flexibility index (Phi) is 6.45. The van der Waals surface area contributed by atoms with E-state index in [1.807, 2.05) is 0 Å². The summed E-state index contributed by atoms with van der Waals surface area (Å²) in [5.41, 5.74) is 1.10. The van der Waals surface area contributed by atoms with Crippen LogP contribution in [-0.2, 0) is 14.3 Å². The fraction of sp³-hybridized carbons (Fsp3) is 0.0800. The molecule has 2 N–H and O–H groups in total. The van der Waals surface area contributed by atoms with Crippen molar-refractivity contribution in [2.45, 2.75) is 6.92 Å². The first-order valence-corrected chi connectivity index (χ1v) is 10.3. The van der Waals surface area contributed by atoms with Gasteiger partial charge in [-0.3, -0.25) is 14.4 Å². The van der Waals surface area contributed by atoms with Gasteiger partial charge in [0.15, 0.2) is 12.3 Å². The molecular weight excluding hydrogens is 436 g/mol. The molecule has 0 bridgehead atoms. The summed E-state index contributed by atoms with van der Waals surface area (Å²) in [6.45, 7) is 0.848. The maximum absolute atomic E-state index is 12.9. The first kappa shape index (κ1) is 22.4. The maximum Gasteiger partial charge on any atom is 0.359 e. The largest absolute Gasteiger partial charge is 0.451 e. The van der Waals surface area contributed by atoms with E-state index >= 15 is 0 Å². The van der Waals surface area contributed by atoms with E-state index in [4.69, 9.17) is 4.74 Å². The highest BCUT2D eigenvalue weighted by Gasteiger charge is 2.19. The summed E-state index contributed by atoms with van der Waals surface area (Å²) in [5, 5.41) is 10.1. The molecule has 1 heterocycles. The SMILES string of the molecule is CC(=O)Nc1ccc(NC(=O)COC(=O)c2nn(-c3ccccc3)c(=O)c3ccccc23)cc1. The van der Waals surface area contributed by atoms with Gasteiger partial charge < -0.3 is 15.4 Å². The Balaban J connectivity index is 1.52. The second-order valence-electron chi connectivity index (χ2n) is 7.33. The first-order valence-electron chi connectivity index (χ1n) is 10.3. The number of nitrogens with one attached hydrogen (secondary N) is 2. The fourth-order valence-corrected chi connectivity index (χ4v) is 3.32. The number of nitrogens with zero attached hydrogens (tertiary/aromatic N) is 2. The predicted octanol–water partition coefficient (Wildman–Crippen LogP) is 3.14. The Labute approximate surface area is 194 Å². The lowest BCUT2D eigenvalue weighted by Crippen LogP contribution is -2.26. The van der Waals surface area contributed by atoms with Crippen LogP contribution in [-0.4, -0.2) is 34.2 Å². The zero-order chi connectivity index (χ0) is 24.1. The minimum atomic E-state index is -0.836. The molecule has 9 nitrogen and oxygen atoms in total. The highest BCUT2D eigenvalue weighted by molar-refractivity contribution is 6.03. The number of aromatic nitrogens is 2. The van der Waals surface area contributed by atoms with Gasteiger partial charge in [0.1, 0.15) is 0 Å². The number of benzene rings is 3. The number of fused-ring (bicyclic) bond motifs is 1. The topological polar surface area (TPSA) is 119 Å². The summed E-state index contributed by atoms with van der Waals surface area (Å²) < 4.78 is 6.33. The van der Waals surface area contributed by atoms with E-state index in [0.29, 0.717) is 27.8 Å². The maximum atomic E-state index is 12.9. The first-order chi connectivity index (χ1) is 16.4. The van der Waals surface area contributed by atoms with Crippen molar-refractivity contribution in [1.29, 1.82) is 0 Å². The molecule has 170 valence electrons. The third kappa shape index (κ3) is 4.99. The average Bonchev–Trinajstić information content (AvgIpc) is 2.84. The molecule has 0 aliphatic carbocycles. The van der Waals surface area contributed by atoms with Gasteiger partial charge in [-0.2, -0.15) is 9.78 Å². The number of para-hydroxylation sites is 1. The number of anilines is 2. The number of amides is 2. The van der Waals surface area contributed by atoms with Crippen LogP contribution in [0, 0.1) is 0 Å². The summed E-state index contributed by atoms with van der Waals surface area (Å²) in [7, 11) is 0. The van der Waals surface area contributed by atoms with Crippen LogP contribution in [0.25, 0.3) is 16.5 Å². The minimum Gasteiger partial charge on any atom is -0.451 e. The lowest BCUT2D eigenvalue weighted by Gasteiger charge is -2.11. The molecule has 0 atom stereocenters. The molecule has 0 radical (unpaired) electrons. The van der Waals surface area contributed by atoms with Gasteiger partial charge in [-0.15, -0.1) is 0 Å². The van der Waals surface area contributed by atoms with Crippen LogP contribution < -0.4 is 16.2 Å². The molecule has 0 aliphatic rings. The molecule has 9 heteroatoms. The molecule has 34 heavy (non-hydrogen) atoms. The number of rotatable bonds is 6. The Hall–Kier alpha value is -4.79. The van der Waals surface area contributed by atoms with E-state index in [2.05, 4.69) is 15.7 Å². The molecule has 0 saturated carbocycles. The summed E-state index contributed by atoms with van der Waals surface area (Å²) in [6.07, 6.45) is 0. The Morgan fingerprint density at radius 2 is 1.41 bits per heavy atom. The average molecular weight is 456 g/mol. The van der Waals surface area contributed by atoms with Crippen molar-refractivity contribution in [3.63, 3.8) is 0 Å². The molecule has 0 aliphatic heterocycles. The van der Waals surface area contributed by atoms with Crippen LogP contribution in [0.2, 0.25) is 0 Å². The van der Waals surface area contributed by atoms with E-state index in [1.165, 1.54) is 6.92 Å². The summed E-state index contributed by atoms with van der Waals surface area (Å²) >= 11 is 0. The zero-order valence-corrected chi connectivity index (χ0v) is 18.1. The molecule has 0 spiro atoms. The van der Waals surface area contributed by atoms with Gasteiger partial charge in [0, 0.05) is 23.7 Å². The molecule has 3 aromatic carbocycles. The molecule has 4 aromatic rings. The van der Waals surface area contributed by atoms with Gasteiger partial charge in [0.2, 0.25) is 5.91 Å². The van der Waals surface area contributed by atoms with Crippen LogP contribution in [0.1, 0.15) is 17.4 Å². The Morgan fingerprint density at radius 1 is 0.824 bits per heavy atom. The molecule has 4 rings (SSSR count). The van der Waals surface area contributed by atoms with Crippen LogP contribution >= 0.6 is 0 Å². The summed E-state index contributed by atoms with van der Waals surface area (Å²) in [6, 6.07) is 21.8. The molecular formula is C25H20N4O5.